The number of hydrogen-bond donors (Lipinski definition) is 2. The van der Waals surface area contributed by atoms with Gasteiger partial charge in [0.05, 0.1) is 17.4 Å². The summed E-state index contributed by atoms with van der Waals surface area (Å²) in [5, 5.41) is 14.4. The van der Waals surface area contributed by atoms with Crippen molar-refractivity contribution in [2.24, 2.45) is 0 Å². The highest BCUT2D eigenvalue weighted by molar-refractivity contribution is 5.97. The minimum absolute atomic E-state index is 0.137. The summed E-state index contributed by atoms with van der Waals surface area (Å²) in [6.45, 7) is 2.93. The van der Waals surface area contributed by atoms with Gasteiger partial charge in [-0.25, -0.2) is 4.68 Å². The van der Waals surface area contributed by atoms with Gasteiger partial charge in [0.2, 0.25) is 0 Å². The second-order valence-electron chi connectivity index (χ2n) is 5.19. The van der Waals surface area contributed by atoms with E-state index in [2.05, 4.69) is 5.10 Å². The van der Waals surface area contributed by atoms with Gasteiger partial charge in [-0.1, -0.05) is 17.7 Å². The molecule has 1 aromatic carbocycles. The number of alkyl halides is 3. The molecule has 24 heavy (non-hydrogen) atoms. The summed E-state index contributed by atoms with van der Waals surface area (Å²) in [6, 6.07) is 4.78. The quantitative estimate of drug-likeness (QED) is 0.894. The lowest BCUT2D eigenvalue weighted by atomic mass is 10.2. The van der Waals surface area contributed by atoms with Crippen LogP contribution in [0.4, 0.5) is 13.2 Å². The van der Waals surface area contributed by atoms with Crippen molar-refractivity contribution in [1.29, 1.82) is 0 Å². The average Bonchev–Trinajstić information content (AvgIpc) is 2.93. The molecule has 9 heteroatoms. The third-order valence-corrected chi connectivity index (χ3v) is 3.28. The summed E-state index contributed by atoms with van der Waals surface area (Å²) < 4.78 is 40.8. The molecule has 0 aliphatic rings. The number of benzene rings is 1. The molecule has 0 spiro atoms. The van der Waals surface area contributed by atoms with Crippen LogP contribution in [0.15, 0.2) is 30.5 Å². The number of aromatic nitrogens is 2. The van der Waals surface area contributed by atoms with Crippen molar-refractivity contribution in [3.05, 3.63) is 47.3 Å². The van der Waals surface area contributed by atoms with Crippen molar-refractivity contribution in [2.45, 2.75) is 26.1 Å². The van der Waals surface area contributed by atoms with Crippen LogP contribution in [0.25, 0.3) is 5.69 Å². The van der Waals surface area contributed by atoms with Crippen LogP contribution < -0.4 is 5.32 Å². The molecule has 0 saturated heterocycles. The Labute approximate surface area is 134 Å². The summed E-state index contributed by atoms with van der Waals surface area (Å²) in [5.41, 5.74) is -1.01. The number of carbonyl (C=O) groups excluding carboxylic acids is 1. The van der Waals surface area contributed by atoms with Crippen LogP contribution in [0, 0.1) is 6.92 Å². The Balaban J connectivity index is 2.49. The third-order valence-electron chi connectivity index (χ3n) is 3.28. The molecule has 128 valence electrons. The van der Waals surface area contributed by atoms with Crippen LogP contribution >= 0.6 is 0 Å². The van der Waals surface area contributed by atoms with E-state index in [4.69, 9.17) is 5.11 Å². The molecule has 0 saturated carbocycles. The molecule has 0 radical (unpaired) electrons. The van der Waals surface area contributed by atoms with E-state index in [0.29, 0.717) is 4.68 Å². The molecule has 1 atom stereocenters. The van der Waals surface area contributed by atoms with Crippen molar-refractivity contribution in [2.75, 3.05) is 0 Å². The van der Waals surface area contributed by atoms with E-state index in [1.807, 2.05) is 5.32 Å². The van der Waals surface area contributed by atoms with Crippen molar-refractivity contribution >= 4 is 11.9 Å². The van der Waals surface area contributed by atoms with Gasteiger partial charge in [0.15, 0.2) is 5.69 Å². The molecule has 2 aromatic rings. The number of amides is 1. The maximum atomic E-state index is 13.4. The van der Waals surface area contributed by atoms with E-state index in [1.54, 1.807) is 19.1 Å². The first kappa shape index (κ1) is 17.5. The molecule has 2 rings (SSSR count). The van der Waals surface area contributed by atoms with Crippen molar-refractivity contribution < 1.29 is 27.9 Å². The molecule has 0 unspecified atom stereocenters. The average molecular weight is 341 g/mol. The zero-order valence-corrected chi connectivity index (χ0v) is 12.8. The Bertz CT molecular complexity index is 767. The summed E-state index contributed by atoms with van der Waals surface area (Å²) in [7, 11) is 0. The lowest BCUT2D eigenvalue weighted by molar-refractivity contribution is -0.143. The summed E-state index contributed by atoms with van der Waals surface area (Å²) in [6.07, 6.45) is -4.08. The van der Waals surface area contributed by atoms with Gasteiger partial charge in [-0.2, -0.15) is 18.3 Å². The standard InChI is InChI=1S/C15H14F3N3O3/c1-8-3-5-10(6-4-8)21-12(15(16,17)18)11(7-19-21)13(22)20-9(2)14(23)24/h3-7,9H,1-2H3,(H,20,22)(H,23,24)/t9-/m0/s1. The van der Waals surface area contributed by atoms with Gasteiger partial charge in [0, 0.05) is 0 Å². The highest BCUT2D eigenvalue weighted by atomic mass is 19.4. The predicted octanol–water partition coefficient (Wildman–Crippen LogP) is 2.40. The molecule has 1 amide bonds. The fourth-order valence-corrected chi connectivity index (χ4v) is 2.01. The molecular formula is C15H14F3N3O3. The number of rotatable bonds is 4. The van der Waals surface area contributed by atoms with Gasteiger partial charge in [0.25, 0.3) is 5.91 Å². The number of nitrogens with zero attached hydrogens (tertiary/aromatic N) is 2. The van der Waals surface area contributed by atoms with Crippen molar-refractivity contribution in [1.82, 2.24) is 15.1 Å². The number of carboxylic acids is 1. The molecule has 0 bridgehead atoms. The summed E-state index contributed by atoms with van der Waals surface area (Å²) in [4.78, 5) is 22.7. The summed E-state index contributed by atoms with van der Waals surface area (Å²) >= 11 is 0. The number of aliphatic carboxylic acids is 1. The van der Waals surface area contributed by atoms with Crippen LogP contribution in [-0.2, 0) is 11.0 Å². The predicted molar refractivity (Wildman–Crippen MR) is 77.9 cm³/mol. The number of aryl methyl sites for hydroxylation is 1. The van der Waals surface area contributed by atoms with Crippen molar-refractivity contribution in [3.63, 3.8) is 0 Å². The van der Waals surface area contributed by atoms with Crippen molar-refractivity contribution in [3.8, 4) is 5.69 Å². The number of nitrogens with one attached hydrogen (secondary N) is 1. The lowest BCUT2D eigenvalue weighted by Gasteiger charge is -2.14. The second-order valence-corrected chi connectivity index (χ2v) is 5.19. The highest BCUT2D eigenvalue weighted by Gasteiger charge is 2.40. The molecule has 0 aliphatic heterocycles. The zero-order valence-electron chi connectivity index (χ0n) is 12.8. The Morgan fingerprint density at radius 2 is 1.83 bits per heavy atom. The number of halogens is 3. The Kier molecular flexibility index (Phi) is 4.63. The fourth-order valence-electron chi connectivity index (χ4n) is 2.01. The smallest absolute Gasteiger partial charge is 0.434 e. The number of hydrogen-bond acceptors (Lipinski definition) is 3. The van der Waals surface area contributed by atoms with E-state index in [0.717, 1.165) is 18.7 Å². The minimum Gasteiger partial charge on any atom is -0.480 e. The summed E-state index contributed by atoms with van der Waals surface area (Å²) in [5.74, 6) is -2.52. The number of carboxylic acid groups (broad SMARTS) is 1. The van der Waals surface area contributed by atoms with Gasteiger partial charge >= 0.3 is 12.1 Å². The van der Waals surface area contributed by atoms with Gasteiger partial charge in [-0.15, -0.1) is 0 Å². The fraction of sp³-hybridized carbons (Fsp3) is 0.267. The minimum atomic E-state index is -4.85. The SMILES string of the molecule is Cc1ccc(-n2ncc(C(=O)N[C@@H](C)C(=O)O)c2C(F)(F)F)cc1. The molecule has 1 heterocycles. The van der Waals surface area contributed by atoms with Gasteiger partial charge in [0.1, 0.15) is 6.04 Å². The first-order valence-corrected chi connectivity index (χ1v) is 6.87. The third kappa shape index (κ3) is 3.55. The van der Waals surface area contributed by atoms with Crippen LogP contribution in [0.5, 0.6) is 0 Å². The van der Waals surface area contributed by atoms with E-state index < -0.39 is 35.4 Å². The van der Waals surface area contributed by atoms with E-state index in [-0.39, 0.29) is 5.69 Å². The van der Waals surface area contributed by atoms with E-state index >= 15 is 0 Å². The maximum absolute atomic E-state index is 13.4. The van der Waals surface area contributed by atoms with Gasteiger partial charge in [-0.05, 0) is 26.0 Å². The Morgan fingerprint density at radius 1 is 1.25 bits per heavy atom. The van der Waals surface area contributed by atoms with Crippen LogP contribution in [-0.4, -0.2) is 32.8 Å². The molecule has 0 aliphatic carbocycles. The Morgan fingerprint density at radius 3 is 2.33 bits per heavy atom. The molecule has 6 nitrogen and oxygen atoms in total. The monoisotopic (exact) mass is 341 g/mol. The molecule has 0 fully saturated rings. The zero-order chi connectivity index (χ0) is 18.1. The van der Waals surface area contributed by atoms with Gasteiger partial charge < -0.3 is 10.4 Å². The maximum Gasteiger partial charge on any atom is 0.434 e. The lowest BCUT2D eigenvalue weighted by Crippen LogP contribution is -2.39. The Hall–Kier alpha value is -2.84. The van der Waals surface area contributed by atoms with Gasteiger partial charge in [-0.3, -0.25) is 9.59 Å². The number of carbonyl (C=O) groups is 2. The van der Waals surface area contributed by atoms with Crippen LogP contribution in [0.2, 0.25) is 0 Å². The first-order valence-electron chi connectivity index (χ1n) is 6.87. The molecular weight excluding hydrogens is 327 g/mol. The first-order chi connectivity index (χ1) is 11.1. The molecule has 1 aromatic heterocycles. The molecule has 2 N–H and O–H groups in total. The highest BCUT2D eigenvalue weighted by Crippen LogP contribution is 2.33. The van der Waals surface area contributed by atoms with Crippen LogP contribution in [0.3, 0.4) is 0 Å². The second kappa shape index (κ2) is 6.34. The van der Waals surface area contributed by atoms with E-state index in [9.17, 15) is 22.8 Å². The topological polar surface area (TPSA) is 84.2 Å². The normalized spacial score (nSPS) is 12.7. The van der Waals surface area contributed by atoms with E-state index in [1.165, 1.54) is 12.1 Å². The largest absolute Gasteiger partial charge is 0.480 e. The van der Waals surface area contributed by atoms with Crippen LogP contribution in [0.1, 0.15) is 28.5 Å².